The average molecular weight is 263 g/mol. The van der Waals surface area contributed by atoms with E-state index in [2.05, 4.69) is 5.32 Å². The number of amides is 1. The van der Waals surface area contributed by atoms with Crippen LogP contribution in [0.1, 0.15) is 24.8 Å². The summed E-state index contributed by atoms with van der Waals surface area (Å²) in [6.45, 7) is 0.311. The van der Waals surface area contributed by atoms with Crippen LogP contribution in [-0.2, 0) is 16.1 Å². The Morgan fingerprint density at radius 1 is 1.42 bits per heavy atom. The van der Waals surface area contributed by atoms with Crippen molar-refractivity contribution in [3.05, 3.63) is 29.8 Å². The van der Waals surface area contributed by atoms with E-state index in [1.165, 1.54) is 0 Å². The Hall–Kier alpha value is -2.04. The molecule has 5 heteroatoms. The molecule has 0 aromatic heterocycles. The van der Waals surface area contributed by atoms with Gasteiger partial charge in [0.05, 0.1) is 7.11 Å². The van der Waals surface area contributed by atoms with Gasteiger partial charge in [-0.2, -0.15) is 0 Å². The van der Waals surface area contributed by atoms with Crippen molar-refractivity contribution in [3.8, 4) is 5.75 Å². The number of rotatable bonds is 5. The molecule has 1 saturated carbocycles. The molecule has 19 heavy (non-hydrogen) atoms. The normalized spacial score (nSPS) is 16.3. The molecule has 1 fully saturated rings. The smallest absolute Gasteiger partial charge is 0.319 e. The number of nitrogens with one attached hydrogen (secondary N) is 1. The molecule has 0 atom stereocenters. The van der Waals surface area contributed by atoms with Crippen molar-refractivity contribution in [1.82, 2.24) is 5.32 Å². The lowest BCUT2D eigenvalue weighted by molar-refractivity contribution is -0.162. The van der Waals surface area contributed by atoms with Crippen LogP contribution in [0.25, 0.3) is 0 Å². The van der Waals surface area contributed by atoms with E-state index in [9.17, 15) is 9.59 Å². The maximum Gasteiger partial charge on any atom is 0.319 e. The van der Waals surface area contributed by atoms with Crippen LogP contribution < -0.4 is 10.1 Å². The molecule has 1 aliphatic carbocycles. The number of hydrogen-bond donors (Lipinski definition) is 2. The Bertz CT molecular complexity index is 494. The summed E-state index contributed by atoms with van der Waals surface area (Å²) in [7, 11) is 1.57. The quantitative estimate of drug-likeness (QED) is 0.791. The fourth-order valence-corrected chi connectivity index (χ4v) is 2.20. The predicted octanol–water partition coefficient (Wildman–Crippen LogP) is 1.57. The standard InChI is InChI=1S/C14H17NO4/c1-19-11-5-2-4-10(8-11)9-15-12(16)14(13(17)18)6-3-7-14/h2,4-5,8H,3,6-7,9H2,1H3,(H,15,16)(H,17,18). The SMILES string of the molecule is COc1cccc(CNC(=O)C2(C(=O)O)CCC2)c1. The van der Waals surface area contributed by atoms with Gasteiger partial charge in [-0.1, -0.05) is 18.6 Å². The molecule has 102 valence electrons. The number of carboxylic acids is 1. The molecule has 0 saturated heterocycles. The minimum Gasteiger partial charge on any atom is -0.497 e. The minimum absolute atomic E-state index is 0.311. The second-order valence-corrected chi connectivity index (χ2v) is 4.78. The molecule has 0 bridgehead atoms. The highest BCUT2D eigenvalue weighted by Gasteiger charge is 2.50. The van der Waals surface area contributed by atoms with Crippen molar-refractivity contribution in [2.75, 3.05) is 7.11 Å². The third-order valence-corrected chi connectivity index (χ3v) is 3.64. The molecular formula is C14H17NO4. The third-order valence-electron chi connectivity index (χ3n) is 3.64. The van der Waals surface area contributed by atoms with E-state index in [-0.39, 0.29) is 0 Å². The zero-order valence-corrected chi connectivity index (χ0v) is 10.8. The average Bonchev–Trinajstić information content (AvgIpc) is 2.34. The molecule has 2 rings (SSSR count). The Morgan fingerprint density at radius 2 is 2.16 bits per heavy atom. The summed E-state index contributed by atoms with van der Waals surface area (Å²) in [6.07, 6.45) is 1.64. The number of aliphatic carboxylic acids is 1. The highest BCUT2D eigenvalue weighted by molar-refractivity contribution is 6.02. The summed E-state index contributed by atoms with van der Waals surface area (Å²) in [5.41, 5.74) is -0.327. The molecule has 2 N–H and O–H groups in total. The van der Waals surface area contributed by atoms with E-state index in [0.717, 1.165) is 12.0 Å². The lowest BCUT2D eigenvalue weighted by atomic mass is 9.68. The molecule has 1 aliphatic rings. The molecule has 0 spiro atoms. The largest absolute Gasteiger partial charge is 0.497 e. The monoisotopic (exact) mass is 263 g/mol. The highest BCUT2D eigenvalue weighted by atomic mass is 16.5. The number of carboxylic acid groups (broad SMARTS) is 1. The second-order valence-electron chi connectivity index (χ2n) is 4.78. The van der Waals surface area contributed by atoms with Crippen LogP contribution in [0.15, 0.2) is 24.3 Å². The fourth-order valence-electron chi connectivity index (χ4n) is 2.20. The van der Waals surface area contributed by atoms with Gasteiger partial charge in [0.15, 0.2) is 0 Å². The van der Waals surface area contributed by atoms with Gasteiger partial charge in [-0.15, -0.1) is 0 Å². The summed E-state index contributed by atoms with van der Waals surface area (Å²) in [4.78, 5) is 23.2. The van der Waals surface area contributed by atoms with E-state index in [0.29, 0.717) is 25.1 Å². The zero-order chi connectivity index (χ0) is 13.9. The van der Waals surface area contributed by atoms with Gasteiger partial charge in [0.2, 0.25) is 5.91 Å². The number of benzene rings is 1. The number of hydrogen-bond acceptors (Lipinski definition) is 3. The van der Waals surface area contributed by atoms with Crippen LogP contribution in [0.3, 0.4) is 0 Å². The number of methoxy groups -OCH3 is 1. The lowest BCUT2D eigenvalue weighted by Crippen LogP contribution is -2.50. The first-order valence-electron chi connectivity index (χ1n) is 6.23. The van der Waals surface area contributed by atoms with Gasteiger partial charge in [0.1, 0.15) is 11.2 Å². The molecule has 1 amide bonds. The molecule has 1 aromatic carbocycles. The van der Waals surface area contributed by atoms with Crippen molar-refractivity contribution >= 4 is 11.9 Å². The molecule has 0 unspecified atom stereocenters. The van der Waals surface area contributed by atoms with Crippen LogP contribution in [0.4, 0.5) is 0 Å². The summed E-state index contributed by atoms with van der Waals surface area (Å²) in [5.74, 6) is -0.709. The third kappa shape index (κ3) is 2.54. The summed E-state index contributed by atoms with van der Waals surface area (Å²) in [5, 5.41) is 11.9. The topological polar surface area (TPSA) is 75.6 Å². The van der Waals surface area contributed by atoms with Gasteiger partial charge in [-0.05, 0) is 30.5 Å². The minimum atomic E-state index is -1.21. The van der Waals surface area contributed by atoms with E-state index in [4.69, 9.17) is 9.84 Å². The lowest BCUT2D eigenvalue weighted by Gasteiger charge is -2.35. The molecular weight excluding hydrogens is 246 g/mol. The number of ether oxygens (including phenoxy) is 1. The van der Waals surface area contributed by atoms with Gasteiger partial charge in [0, 0.05) is 6.54 Å². The first-order chi connectivity index (χ1) is 9.08. The summed E-state index contributed by atoms with van der Waals surface area (Å²) in [6, 6.07) is 7.32. The molecule has 1 aromatic rings. The van der Waals surface area contributed by atoms with E-state index in [1.807, 2.05) is 24.3 Å². The maximum atomic E-state index is 12.0. The van der Waals surface area contributed by atoms with E-state index < -0.39 is 17.3 Å². The molecule has 0 radical (unpaired) electrons. The second kappa shape index (κ2) is 5.30. The zero-order valence-electron chi connectivity index (χ0n) is 10.8. The van der Waals surface area contributed by atoms with Crippen LogP contribution in [-0.4, -0.2) is 24.1 Å². The Morgan fingerprint density at radius 3 is 2.68 bits per heavy atom. The predicted molar refractivity (Wildman–Crippen MR) is 68.8 cm³/mol. The van der Waals surface area contributed by atoms with Gasteiger partial charge in [0.25, 0.3) is 0 Å². The van der Waals surface area contributed by atoms with Crippen molar-refractivity contribution < 1.29 is 19.4 Å². The van der Waals surface area contributed by atoms with Crippen molar-refractivity contribution in [1.29, 1.82) is 0 Å². The van der Waals surface area contributed by atoms with Crippen LogP contribution in [0, 0.1) is 5.41 Å². The Balaban J connectivity index is 1.98. The van der Waals surface area contributed by atoms with Gasteiger partial charge < -0.3 is 15.2 Å². The first kappa shape index (κ1) is 13.4. The van der Waals surface area contributed by atoms with Gasteiger partial charge >= 0.3 is 5.97 Å². The molecule has 0 heterocycles. The van der Waals surface area contributed by atoms with E-state index in [1.54, 1.807) is 7.11 Å². The van der Waals surface area contributed by atoms with Crippen molar-refractivity contribution in [3.63, 3.8) is 0 Å². The van der Waals surface area contributed by atoms with Crippen LogP contribution in [0.2, 0.25) is 0 Å². The summed E-state index contributed by atoms with van der Waals surface area (Å²) < 4.78 is 5.09. The number of carbonyl (C=O) groups is 2. The van der Waals surface area contributed by atoms with Gasteiger partial charge in [-0.3, -0.25) is 9.59 Å². The summed E-state index contributed by atoms with van der Waals surface area (Å²) >= 11 is 0. The Labute approximate surface area is 111 Å². The van der Waals surface area contributed by atoms with Crippen molar-refractivity contribution in [2.24, 2.45) is 5.41 Å². The van der Waals surface area contributed by atoms with Gasteiger partial charge in [-0.25, -0.2) is 0 Å². The molecule has 0 aliphatic heterocycles. The fraction of sp³-hybridized carbons (Fsp3) is 0.429. The van der Waals surface area contributed by atoms with Crippen LogP contribution in [0.5, 0.6) is 5.75 Å². The Kier molecular flexibility index (Phi) is 3.74. The van der Waals surface area contributed by atoms with Crippen LogP contribution >= 0.6 is 0 Å². The van der Waals surface area contributed by atoms with E-state index >= 15 is 0 Å². The molecule has 5 nitrogen and oxygen atoms in total. The first-order valence-corrected chi connectivity index (χ1v) is 6.23. The van der Waals surface area contributed by atoms with Crippen molar-refractivity contribution in [2.45, 2.75) is 25.8 Å². The maximum absolute atomic E-state index is 12.0. The number of carbonyl (C=O) groups excluding carboxylic acids is 1. The highest BCUT2D eigenvalue weighted by Crippen LogP contribution is 2.41.